The molecule has 4 heterocycles. The van der Waals surface area contributed by atoms with E-state index in [1.165, 1.54) is 10.7 Å². The molecule has 30 heavy (non-hydrogen) atoms. The number of hydrogen-bond acceptors (Lipinski definition) is 5. The zero-order valence-electron chi connectivity index (χ0n) is 16.3. The van der Waals surface area contributed by atoms with Crippen LogP contribution in [-0.2, 0) is 11.3 Å². The number of nitrogens with one attached hydrogen (secondary N) is 1. The maximum atomic E-state index is 15.1. The SMILES string of the molecule is O=C(Nc1nn(CCO)c2nc(-c3cnn4ccccc34)c(F)cc12)C1CCCC1. The molecular formula is C21H21FN6O2. The summed E-state index contributed by atoms with van der Waals surface area (Å²) < 4.78 is 18.3. The lowest BCUT2D eigenvalue weighted by Gasteiger charge is -2.08. The third kappa shape index (κ3) is 3.11. The lowest BCUT2D eigenvalue weighted by Crippen LogP contribution is -2.20. The van der Waals surface area contributed by atoms with Gasteiger partial charge in [-0.25, -0.2) is 18.6 Å². The summed E-state index contributed by atoms with van der Waals surface area (Å²) in [5.74, 6) is -0.400. The molecule has 1 aliphatic carbocycles. The van der Waals surface area contributed by atoms with Crippen molar-refractivity contribution in [2.24, 2.45) is 5.92 Å². The number of halogens is 1. The average molecular weight is 408 g/mol. The van der Waals surface area contributed by atoms with Crippen LogP contribution in [0.5, 0.6) is 0 Å². The molecule has 0 atom stereocenters. The van der Waals surface area contributed by atoms with E-state index in [2.05, 4.69) is 20.5 Å². The zero-order chi connectivity index (χ0) is 20.7. The maximum Gasteiger partial charge on any atom is 0.228 e. The van der Waals surface area contributed by atoms with Crippen molar-refractivity contribution in [3.63, 3.8) is 0 Å². The standard InChI is InChI=1S/C21H21FN6O2/c22-16-11-14-19(25-21(30)13-5-1-2-6-13)26-28(9-10-29)20(14)24-18(16)15-12-23-27-8-4-3-7-17(15)27/h3-4,7-8,11-13,29H,1-2,5-6,9-10H2,(H,25,26,30). The van der Waals surface area contributed by atoms with Crippen LogP contribution in [-0.4, -0.2) is 42.0 Å². The van der Waals surface area contributed by atoms with E-state index in [9.17, 15) is 9.90 Å². The number of aliphatic hydroxyl groups excluding tert-OH is 1. The first-order valence-corrected chi connectivity index (χ1v) is 10.1. The Hall–Kier alpha value is -3.33. The van der Waals surface area contributed by atoms with E-state index < -0.39 is 5.82 Å². The van der Waals surface area contributed by atoms with E-state index in [-0.39, 0.29) is 36.5 Å². The van der Waals surface area contributed by atoms with Crippen LogP contribution < -0.4 is 5.32 Å². The molecule has 4 aromatic rings. The van der Waals surface area contributed by atoms with Gasteiger partial charge < -0.3 is 10.4 Å². The summed E-state index contributed by atoms with van der Waals surface area (Å²) in [6.07, 6.45) is 7.14. The number of fused-ring (bicyclic) bond motifs is 2. The van der Waals surface area contributed by atoms with Crippen LogP contribution in [0.4, 0.5) is 10.2 Å². The molecule has 1 aliphatic rings. The number of nitrogens with zero attached hydrogens (tertiary/aromatic N) is 5. The molecule has 0 radical (unpaired) electrons. The number of anilines is 1. The number of amides is 1. The van der Waals surface area contributed by atoms with Crippen LogP contribution in [0.1, 0.15) is 25.7 Å². The minimum atomic E-state index is -0.527. The second kappa shape index (κ2) is 7.49. The Morgan fingerprint density at radius 1 is 1.30 bits per heavy atom. The molecule has 1 amide bonds. The second-order valence-electron chi connectivity index (χ2n) is 7.54. The third-order valence-electron chi connectivity index (χ3n) is 5.64. The summed E-state index contributed by atoms with van der Waals surface area (Å²) in [6.45, 7) is 0.0283. The Bertz CT molecular complexity index is 1240. The number of rotatable bonds is 5. The maximum absolute atomic E-state index is 15.1. The molecule has 1 saturated carbocycles. The molecule has 0 aliphatic heterocycles. The van der Waals surface area contributed by atoms with E-state index in [1.54, 1.807) is 16.9 Å². The van der Waals surface area contributed by atoms with Crippen molar-refractivity contribution >= 4 is 28.3 Å². The van der Waals surface area contributed by atoms with Gasteiger partial charge in [0.1, 0.15) is 5.69 Å². The number of pyridine rings is 2. The predicted molar refractivity (Wildman–Crippen MR) is 109 cm³/mol. The Morgan fingerprint density at radius 3 is 2.93 bits per heavy atom. The van der Waals surface area contributed by atoms with Crippen LogP contribution in [0.25, 0.3) is 27.8 Å². The van der Waals surface area contributed by atoms with Crippen LogP contribution in [0, 0.1) is 11.7 Å². The summed E-state index contributed by atoms with van der Waals surface area (Å²) in [5.41, 5.74) is 1.84. The largest absolute Gasteiger partial charge is 0.394 e. The fourth-order valence-electron chi connectivity index (χ4n) is 4.13. The molecule has 1 fully saturated rings. The lowest BCUT2D eigenvalue weighted by molar-refractivity contribution is -0.119. The first-order chi connectivity index (χ1) is 14.7. The predicted octanol–water partition coefficient (Wildman–Crippen LogP) is 3.01. The van der Waals surface area contributed by atoms with Gasteiger partial charge in [-0.3, -0.25) is 4.79 Å². The summed E-state index contributed by atoms with van der Waals surface area (Å²) in [7, 11) is 0. The van der Waals surface area contributed by atoms with Gasteiger partial charge in [0, 0.05) is 17.7 Å². The molecule has 9 heteroatoms. The number of carbonyl (C=O) groups excluding carboxylic acids is 1. The van der Waals surface area contributed by atoms with Crippen molar-refractivity contribution in [2.75, 3.05) is 11.9 Å². The van der Waals surface area contributed by atoms with Crippen molar-refractivity contribution in [3.8, 4) is 11.3 Å². The monoisotopic (exact) mass is 408 g/mol. The second-order valence-corrected chi connectivity index (χ2v) is 7.54. The molecule has 0 unspecified atom stereocenters. The highest BCUT2D eigenvalue weighted by molar-refractivity contribution is 6.00. The smallest absolute Gasteiger partial charge is 0.228 e. The van der Waals surface area contributed by atoms with Gasteiger partial charge in [0.05, 0.1) is 30.3 Å². The van der Waals surface area contributed by atoms with Crippen molar-refractivity contribution in [3.05, 3.63) is 42.5 Å². The summed E-state index contributed by atoms with van der Waals surface area (Å²) >= 11 is 0. The molecule has 154 valence electrons. The molecule has 0 bridgehead atoms. The highest BCUT2D eigenvalue weighted by atomic mass is 19.1. The minimum absolute atomic E-state index is 0.0427. The fraction of sp³-hybridized carbons (Fsp3) is 0.333. The number of carbonyl (C=O) groups is 1. The van der Waals surface area contributed by atoms with Crippen LogP contribution >= 0.6 is 0 Å². The first kappa shape index (κ1) is 18.7. The van der Waals surface area contributed by atoms with Crippen molar-refractivity contribution in [1.82, 2.24) is 24.4 Å². The molecule has 0 saturated heterocycles. The van der Waals surface area contributed by atoms with Crippen molar-refractivity contribution in [1.29, 1.82) is 0 Å². The Morgan fingerprint density at radius 2 is 2.13 bits per heavy atom. The highest BCUT2D eigenvalue weighted by Crippen LogP contribution is 2.32. The molecular weight excluding hydrogens is 387 g/mol. The average Bonchev–Trinajstić information content (AvgIpc) is 3.48. The number of aliphatic hydroxyl groups is 1. The summed E-state index contributed by atoms with van der Waals surface area (Å²) in [6, 6.07) is 6.87. The lowest BCUT2D eigenvalue weighted by atomic mass is 10.1. The van der Waals surface area contributed by atoms with E-state index in [1.807, 2.05) is 18.2 Å². The zero-order valence-corrected chi connectivity index (χ0v) is 16.3. The van der Waals surface area contributed by atoms with Crippen molar-refractivity contribution in [2.45, 2.75) is 32.2 Å². The number of hydrogen-bond donors (Lipinski definition) is 2. The quantitative estimate of drug-likeness (QED) is 0.529. The molecule has 0 spiro atoms. The molecule has 4 aromatic heterocycles. The van der Waals surface area contributed by atoms with Crippen LogP contribution in [0.2, 0.25) is 0 Å². The van der Waals surface area contributed by atoms with Gasteiger partial charge in [-0.1, -0.05) is 18.9 Å². The van der Waals surface area contributed by atoms with Gasteiger partial charge in [-0.05, 0) is 31.0 Å². The highest BCUT2D eigenvalue weighted by Gasteiger charge is 2.25. The van der Waals surface area contributed by atoms with Gasteiger partial charge in [0.25, 0.3) is 0 Å². The Balaban J connectivity index is 1.61. The summed E-state index contributed by atoms with van der Waals surface area (Å²) in [5, 5.41) is 21.3. The summed E-state index contributed by atoms with van der Waals surface area (Å²) in [4.78, 5) is 17.1. The van der Waals surface area contributed by atoms with Crippen LogP contribution in [0.15, 0.2) is 36.7 Å². The van der Waals surface area contributed by atoms with E-state index in [0.717, 1.165) is 31.2 Å². The van der Waals surface area contributed by atoms with Gasteiger partial charge in [0.2, 0.25) is 5.91 Å². The molecule has 8 nitrogen and oxygen atoms in total. The molecule has 5 rings (SSSR count). The van der Waals surface area contributed by atoms with Crippen molar-refractivity contribution < 1.29 is 14.3 Å². The normalized spacial score (nSPS) is 14.7. The Labute approximate surface area is 171 Å². The first-order valence-electron chi connectivity index (χ1n) is 10.1. The number of aromatic nitrogens is 5. The van der Waals surface area contributed by atoms with Crippen LogP contribution in [0.3, 0.4) is 0 Å². The van der Waals surface area contributed by atoms with Gasteiger partial charge in [0.15, 0.2) is 17.3 Å². The van der Waals surface area contributed by atoms with E-state index >= 15 is 4.39 Å². The van der Waals surface area contributed by atoms with Gasteiger partial charge in [-0.15, -0.1) is 0 Å². The Kier molecular flexibility index (Phi) is 4.66. The van der Waals surface area contributed by atoms with Gasteiger partial charge >= 0.3 is 0 Å². The van der Waals surface area contributed by atoms with Gasteiger partial charge in [-0.2, -0.15) is 10.2 Å². The van der Waals surface area contributed by atoms with E-state index in [4.69, 9.17) is 0 Å². The third-order valence-corrected chi connectivity index (χ3v) is 5.64. The molecule has 2 N–H and O–H groups in total. The molecule has 0 aromatic carbocycles. The van der Waals surface area contributed by atoms with E-state index in [0.29, 0.717) is 16.6 Å². The fourth-order valence-corrected chi connectivity index (χ4v) is 4.13. The topological polar surface area (TPSA) is 97.3 Å². The minimum Gasteiger partial charge on any atom is -0.394 e.